The molecule has 0 aromatic heterocycles. The Hall–Kier alpha value is -3.13. The standard InChI is InChI=1S/C22H22N4O3S/c1-2-13-29-21(28)15-7-9-16(10-8-15)24-20(27)14-30-22-25-18-6-4-3-5-17(18)19-11-12-23-26(19)22/h3-10,12,19H,2,11,13-14H2,1H3,(H,24,27)/t19-/m1/s1. The molecule has 2 aromatic carbocycles. The minimum Gasteiger partial charge on any atom is -0.462 e. The van der Waals surface area contributed by atoms with Crippen molar-refractivity contribution in [3.05, 3.63) is 59.7 Å². The van der Waals surface area contributed by atoms with Crippen LogP contribution in [0, 0.1) is 0 Å². The van der Waals surface area contributed by atoms with Gasteiger partial charge in [-0.1, -0.05) is 36.9 Å². The van der Waals surface area contributed by atoms with Gasteiger partial charge in [0.25, 0.3) is 0 Å². The van der Waals surface area contributed by atoms with Crippen LogP contribution in [0.2, 0.25) is 0 Å². The number of aliphatic imine (C=N–C) groups is 1. The zero-order valence-corrected chi connectivity index (χ0v) is 17.4. The highest BCUT2D eigenvalue weighted by molar-refractivity contribution is 8.14. The van der Waals surface area contributed by atoms with E-state index < -0.39 is 0 Å². The Morgan fingerprint density at radius 1 is 1.20 bits per heavy atom. The minimum atomic E-state index is -0.360. The number of para-hydroxylation sites is 1. The number of esters is 1. The lowest BCUT2D eigenvalue weighted by Crippen LogP contribution is -2.29. The molecule has 0 saturated heterocycles. The number of carbonyl (C=O) groups is 2. The van der Waals surface area contributed by atoms with E-state index in [-0.39, 0.29) is 23.7 Å². The fourth-order valence-corrected chi connectivity index (χ4v) is 4.08. The van der Waals surface area contributed by atoms with Crippen molar-refractivity contribution >= 4 is 46.4 Å². The van der Waals surface area contributed by atoms with Gasteiger partial charge in [0.05, 0.1) is 29.7 Å². The zero-order valence-electron chi connectivity index (χ0n) is 16.6. The molecule has 0 fully saturated rings. The molecule has 2 heterocycles. The molecule has 0 saturated carbocycles. The van der Waals surface area contributed by atoms with Crippen LogP contribution < -0.4 is 5.32 Å². The Labute approximate surface area is 179 Å². The molecule has 0 unspecified atom stereocenters. The lowest BCUT2D eigenvalue weighted by atomic mass is 10.0. The van der Waals surface area contributed by atoms with Crippen molar-refractivity contribution in [1.29, 1.82) is 0 Å². The van der Waals surface area contributed by atoms with Gasteiger partial charge in [-0.05, 0) is 36.8 Å². The van der Waals surface area contributed by atoms with Gasteiger partial charge in [0.1, 0.15) is 0 Å². The Bertz CT molecular complexity index is 1000. The fourth-order valence-electron chi connectivity index (χ4n) is 3.28. The summed E-state index contributed by atoms with van der Waals surface area (Å²) in [4.78, 5) is 29.0. The first kappa shape index (κ1) is 20.2. The number of carbonyl (C=O) groups excluding carboxylic acids is 2. The maximum atomic E-state index is 12.4. The molecule has 30 heavy (non-hydrogen) atoms. The fraction of sp³-hybridized carbons (Fsp3) is 0.273. The summed E-state index contributed by atoms with van der Waals surface area (Å²) in [5.41, 5.74) is 3.17. The van der Waals surface area contributed by atoms with E-state index in [0.717, 1.165) is 29.3 Å². The monoisotopic (exact) mass is 422 g/mol. The first-order valence-electron chi connectivity index (χ1n) is 9.85. The number of nitrogens with zero attached hydrogens (tertiary/aromatic N) is 3. The highest BCUT2D eigenvalue weighted by Gasteiger charge is 2.32. The average Bonchev–Trinajstić information content (AvgIpc) is 3.27. The van der Waals surface area contributed by atoms with Crippen LogP contribution in [0.3, 0.4) is 0 Å². The summed E-state index contributed by atoms with van der Waals surface area (Å²) < 4.78 is 5.10. The summed E-state index contributed by atoms with van der Waals surface area (Å²) >= 11 is 1.36. The lowest BCUT2D eigenvalue weighted by molar-refractivity contribution is -0.113. The number of hydrogen-bond acceptors (Lipinski definition) is 7. The van der Waals surface area contributed by atoms with Gasteiger partial charge in [-0.25, -0.2) is 14.8 Å². The molecule has 8 heteroatoms. The van der Waals surface area contributed by atoms with Crippen molar-refractivity contribution in [2.45, 2.75) is 25.8 Å². The van der Waals surface area contributed by atoms with Crippen molar-refractivity contribution in [3.63, 3.8) is 0 Å². The highest BCUT2D eigenvalue weighted by Crippen LogP contribution is 2.40. The molecule has 4 rings (SSSR count). The largest absolute Gasteiger partial charge is 0.462 e. The minimum absolute atomic E-state index is 0.143. The number of rotatable bonds is 6. The van der Waals surface area contributed by atoms with Crippen LogP contribution in [-0.4, -0.2) is 40.6 Å². The predicted molar refractivity (Wildman–Crippen MR) is 119 cm³/mol. The van der Waals surface area contributed by atoms with Crippen molar-refractivity contribution in [1.82, 2.24) is 5.01 Å². The summed E-state index contributed by atoms with van der Waals surface area (Å²) in [5, 5.41) is 9.88. The van der Waals surface area contributed by atoms with Gasteiger partial charge in [-0.3, -0.25) is 4.79 Å². The number of hydrogen-bond donors (Lipinski definition) is 1. The molecule has 7 nitrogen and oxygen atoms in total. The summed E-state index contributed by atoms with van der Waals surface area (Å²) in [6, 6.07) is 14.8. The number of amides is 1. The van der Waals surface area contributed by atoms with Gasteiger partial charge in [0.15, 0.2) is 5.17 Å². The van der Waals surface area contributed by atoms with Crippen LogP contribution in [0.15, 0.2) is 58.6 Å². The molecule has 154 valence electrons. The number of anilines is 1. The third-order valence-corrected chi connectivity index (χ3v) is 5.65. The van der Waals surface area contributed by atoms with Crippen molar-refractivity contribution < 1.29 is 14.3 Å². The van der Waals surface area contributed by atoms with Gasteiger partial charge in [-0.2, -0.15) is 5.10 Å². The topological polar surface area (TPSA) is 83.4 Å². The molecule has 0 bridgehead atoms. The maximum absolute atomic E-state index is 12.4. The predicted octanol–water partition coefficient (Wildman–Crippen LogP) is 4.36. The number of fused-ring (bicyclic) bond motifs is 3. The van der Waals surface area contributed by atoms with Crippen LogP contribution in [0.25, 0.3) is 0 Å². The SMILES string of the molecule is CCCOC(=O)c1ccc(NC(=O)CSC2=Nc3ccccc3[C@H]3CC=NN23)cc1. The third-order valence-electron chi connectivity index (χ3n) is 4.71. The Morgan fingerprint density at radius 2 is 2.00 bits per heavy atom. The van der Waals surface area contributed by atoms with Crippen LogP contribution in [0.1, 0.15) is 41.7 Å². The lowest BCUT2D eigenvalue weighted by Gasteiger charge is -2.29. The van der Waals surface area contributed by atoms with Crippen LogP contribution in [0.4, 0.5) is 11.4 Å². The maximum Gasteiger partial charge on any atom is 0.338 e. The normalized spacial score (nSPS) is 16.5. The quantitative estimate of drug-likeness (QED) is 0.700. The van der Waals surface area contributed by atoms with Crippen molar-refractivity contribution in [2.24, 2.45) is 10.1 Å². The number of amidine groups is 1. The van der Waals surface area contributed by atoms with Crippen LogP contribution >= 0.6 is 11.8 Å². The molecule has 1 amide bonds. The number of hydrazone groups is 1. The molecular weight excluding hydrogens is 400 g/mol. The van der Waals surface area contributed by atoms with E-state index in [0.29, 0.717) is 17.9 Å². The van der Waals surface area contributed by atoms with Gasteiger partial charge in [-0.15, -0.1) is 0 Å². The first-order chi connectivity index (χ1) is 14.7. The smallest absolute Gasteiger partial charge is 0.338 e. The molecule has 2 aromatic rings. The van der Waals surface area contributed by atoms with Gasteiger partial charge >= 0.3 is 5.97 Å². The molecule has 1 N–H and O–H groups in total. The van der Waals surface area contributed by atoms with E-state index in [2.05, 4.69) is 21.5 Å². The summed E-state index contributed by atoms with van der Waals surface area (Å²) in [6.45, 7) is 2.34. The van der Waals surface area contributed by atoms with Crippen LogP contribution in [0.5, 0.6) is 0 Å². The number of benzene rings is 2. The Morgan fingerprint density at radius 3 is 2.80 bits per heavy atom. The third kappa shape index (κ3) is 4.38. The van der Waals surface area contributed by atoms with Gasteiger partial charge in [0.2, 0.25) is 5.91 Å². The molecule has 2 aliphatic rings. The summed E-state index contributed by atoms with van der Waals surface area (Å²) in [6.07, 6.45) is 3.49. The number of nitrogens with one attached hydrogen (secondary N) is 1. The zero-order chi connectivity index (χ0) is 20.9. The average molecular weight is 423 g/mol. The number of ether oxygens (including phenoxy) is 1. The Kier molecular flexibility index (Phi) is 6.13. The molecular formula is C22H22N4O3S. The Balaban J connectivity index is 1.35. The van der Waals surface area contributed by atoms with E-state index >= 15 is 0 Å². The van der Waals surface area contributed by atoms with Gasteiger partial charge < -0.3 is 10.1 Å². The van der Waals surface area contributed by atoms with E-state index in [1.54, 1.807) is 24.3 Å². The molecule has 0 aliphatic carbocycles. The molecule has 2 aliphatic heterocycles. The second-order valence-corrected chi connectivity index (χ2v) is 7.84. The van der Waals surface area contributed by atoms with E-state index in [4.69, 9.17) is 4.74 Å². The molecule has 0 spiro atoms. The van der Waals surface area contributed by atoms with Gasteiger partial charge in [0, 0.05) is 23.9 Å². The second kappa shape index (κ2) is 9.13. The highest BCUT2D eigenvalue weighted by atomic mass is 32.2. The van der Waals surface area contributed by atoms with Crippen LogP contribution in [-0.2, 0) is 9.53 Å². The van der Waals surface area contributed by atoms with Crippen molar-refractivity contribution in [3.8, 4) is 0 Å². The molecule has 1 atom stereocenters. The molecule has 0 radical (unpaired) electrons. The van der Waals surface area contributed by atoms with E-state index in [9.17, 15) is 9.59 Å². The summed E-state index contributed by atoms with van der Waals surface area (Å²) in [7, 11) is 0. The van der Waals surface area contributed by atoms with E-state index in [1.807, 2.05) is 36.3 Å². The first-order valence-corrected chi connectivity index (χ1v) is 10.8. The van der Waals surface area contributed by atoms with E-state index in [1.165, 1.54) is 11.8 Å². The number of thioether (sulfide) groups is 1. The van der Waals surface area contributed by atoms with Crippen molar-refractivity contribution in [2.75, 3.05) is 17.7 Å². The second-order valence-electron chi connectivity index (χ2n) is 6.90. The summed E-state index contributed by atoms with van der Waals surface area (Å²) in [5.74, 6) is -0.302.